The van der Waals surface area contributed by atoms with Crippen molar-refractivity contribution in [3.63, 3.8) is 0 Å². The van der Waals surface area contributed by atoms with Crippen molar-refractivity contribution in [2.45, 2.75) is 0 Å². The zero-order valence-corrected chi connectivity index (χ0v) is 14.6. The van der Waals surface area contributed by atoms with Gasteiger partial charge in [-0.1, -0.05) is 34.1 Å². The molecule has 1 N–H and O–H groups in total. The number of methoxy groups -OCH3 is 1. The molecule has 2 aromatic rings. The van der Waals surface area contributed by atoms with E-state index in [1.54, 1.807) is 54.6 Å². The van der Waals surface area contributed by atoms with Gasteiger partial charge in [-0.25, -0.2) is 8.42 Å². The highest BCUT2D eigenvalue weighted by molar-refractivity contribution is 9.10. The van der Waals surface area contributed by atoms with Crippen LogP contribution in [-0.4, -0.2) is 15.5 Å². The summed E-state index contributed by atoms with van der Waals surface area (Å²) in [7, 11) is -2.50. The van der Waals surface area contributed by atoms with Gasteiger partial charge in [-0.3, -0.25) is 4.72 Å². The number of sulfonamides is 1. The van der Waals surface area contributed by atoms with Crippen LogP contribution in [0.5, 0.6) is 5.75 Å². The van der Waals surface area contributed by atoms with Gasteiger partial charge in [0.05, 0.1) is 7.11 Å². The van der Waals surface area contributed by atoms with Crippen molar-refractivity contribution in [1.29, 1.82) is 5.26 Å². The van der Waals surface area contributed by atoms with Crippen LogP contribution in [0.15, 0.2) is 57.9 Å². The second kappa shape index (κ2) is 7.31. The van der Waals surface area contributed by atoms with Gasteiger partial charge < -0.3 is 4.74 Å². The number of nitrogens with one attached hydrogen (secondary N) is 1. The fourth-order valence-corrected chi connectivity index (χ4v) is 3.05. The van der Waals surface area contributed by atoms with Gasteiger partial charge in [-0.15, -0.1) is 0 Å². The first-order valence-electron chi connectivity index (χ1n) is 6.49. The Morgan fingerprint density at radius 1 is 1.22 bits per heavy atom. The number of hydrogen-bond acceptors (Lipinski definition) is 4. The first-order valence-corrected chi connectivity index (χ1v) is 8.77. The van der Waals surface area contributed by atoms with E-state index < -0.39 is 14.9 Å². The monoisotopic (exact) mass is 392 g/mol. The molecule has 0 atom stereocenters. The smallest absolute Gasteiger partial charge is 0.272 e. The van der Waals surface area contributed by atoms with Gasteiger partial charge in [0.1, 0.15) is 11.8 Å². The van der Waals surface area contributed by atoms with Crippen LogP contribution in [-0.2, 0) is 10.0 Å². The number of halogens is 1. The maximum atomic E-state index is 12.4. The van der Waals surface area contributed by atoms with E-state index in [1.807, 2.05) is 0 Å². The lowest BCUT2D eigenvalue weighted by atomic mass is 10.2. The zero-order valence-electron chi connectivity index (χ0n) is 12.2. The Morgan fingerprint density at radius 2 is 1.87 bits per heavy atom. The van der Waals surface area contributed by atoms with Crippen LogP contribution in [0.4, 0.5) is 5.69 Å². The minimum absolute atomic E-state index is 0.370. The molecule has 0 spiro atoms. The molecule has 2 aromatic carbocycles. The topological polar surface area (TPSA) is 79.2 Å². The highest BCUT2D eigenvalue weighted by Crippen LogP contribution is 2.23. The Labute approximate surface area is 143 Å². The molecule has 0 amide bonds. The van der Waals surface area contributed by atoms with Gasteiger partial charge >= 0.3 is 0 Å². The SMILES string of the molecule is COc1ccccc1C=C(C#N)S(=O)(=O)Nc1ccc(Br)cc1. The first-order chi connectivity index (χ1) is 11.0. The number of anilines is 1. The van der Waals surface area contributed by atoms with Crippen molar-refractivity contribution < 1.29 is 13.2 Å². The summed E-state index contributed by atoms with van der Waals surface area (Å²) in [5.74, 6) is 0.485. The number of hydrogen-bond donors (Lipinski definition) is 1. The quantitative estimate of drug-likeness (QED) is 0.785. The predicted molar refractivity (Wildman–Crippen MR) is 93.3 cm³/mol. The fraction of sp³-hybridized carbons (Fsp3) is 0.0625. The third-order valence-electron chi connectivity index (χ3n) is 2.92. The molecule has 0 saturated carbocycles. The van der Waals surface area contributed by atoms with E-state index in [0.717, 1.165) is 4.47 Å². The molecular weight excluding hydrogens is 380 g/mol. The summed E-state index contributed by atoms with van der Waals surface area (Å²) in [4.78, 5) is -0.398. The molecule has 7 heteroatoms. The second-order valence-electron chi connectivity index (χ2n) is 4.47. The molecule has 0 fully saturated rings. The molecule has 0 aliphatic heterocycles. The summed E-state index contributed by atoms with van der Waals surface area (Å²) in [5.41, 5.74) is 0.877. The van der Waals surface area contributed by atoms with Crippen LogP contribution in [0.1, 0.15) is 5.56 Å². The average Bonchev–Trinajstić information content (AvgIpc) is 2.54. The van der Waals surface area contributed by atoms with Crippen LogP contribution in [0, 0.1) is 11.3 Å². The number of benzene rings is 2. The van der Waals surface area contributed by atoms with Crippen molar-refractivity contribution in [3.05, 3.63) is 63.5 Å². The van der Waals surface area contributed by atoms with E-state index in [2.05, 4.69) is 20.7 Å². The summed E-state index contributed by atoms with van der Waals surface area (Å²) < 4.78 is 33.1. The van der Waals surface area contributed by atoms with E-state index >= 15 is 0 Å². The second-order valence-corrected chi connectivity index (χ2v) is 7.04. The third-order valence-corrected chi connectivity index (χ3v) is 4.74. The van der Waals surface area contributed by atoms with Crippen molar-refractivity contribution in [2.24, 2.45) is 0 Å². The molecule has 0 aliphatic carbocycles. The number of para-hydroxylation sites is 1. The van der Waals surface area contributed by atoms with Crippen LogP contribution >= 0.6 is 15.9 Å². The molecule has 5 nitrogen and oxygen atoms in total. The molecule has 0 saturated heterocycles. The number of nitriles is 1. The molecule has 0 aliphatic rings. The number of rotatable bonds is 5. The van der Waals surface area contributed by atoms with Crippen LogP contribution in [0.3, 0.4) is 0 Å². The molecule has 2 rings (SSSR count). The largest absolute Gasteiger partial charge is 0.496 e. The maximum absolute atomic E-state index is 12.4. The van der Waals surface area contributed by atoms with Crippen molar-refractivity contribution in [1.82, 2.24) is 0 Å². The lowest BCUT2D eigenvalue weighted by Gasteiger charge is -2.08. The Hall–Kier alpha value is -2.30. The molecule has 0 heterocycles. The highest BCUT2D eigenvalue weighted by Gasteiger charge is 2.18. The fourth-order valence-electron chi connectivity index (χ4n) is 1.82. The number of nitrogens with zero attached hydrogens (tertiary/aromatic N) is 1. The summed E-state index contributed by atoms with van der Waals surface area (Å²) in [6.07, 6.45) is 1.28. The molecule has 0 bridgehead atoms. The standard InChI is InChI=1S/C16H13BrN2O3S/c1-22-16-5-3-2-4-12(16)10-15(11-18)23(20,21)19-14-8-6-13(17)7-9-14/h2-10,19H,1H3. The molecule has 0 aromatic heterocycles. The van der Waals surface area contributed by atoms with Gasteiger partial charge in [0.2, 0.25) is 0 Å². The first kappa shape index (κ1) is 17.1. The lowest BCUT2D eigenvalue weighted by Crippen LogP contribution is -2.14. The predicted octanol–water partition coefficient (Wildman–Crippen LogP) is 3.76. The van der Waals surface area contributed by atoms with E-state index in [9.17, 15) is 13.7 Å². The number of ether oxygens (including phenoxy) is 1. The molecule has 0 radical (unpaired) electrons. The van der Waals surface area contributed by atoms with Gasteiger partial charge in [-0.05, 0) is 36.4 Å². The average molecular weight is 393 g/mol. The normalized spacial score (nSPS) is 11.6. The zero-order chi connectivity index (χ0) is 16.9. The summed E-state index contributed by atoms with van der Waals surface area (Å²) in [5, 5.41) is 9.22. The van der Waals surface area contributed by atoms with Crippen LogP contribution in [0.25, 0.3) is 6.08 Å². The summed E-state index contributed by atoms with van der Waals surface area (Å²) in [6, 6.07) is 15.2. The van der Waals surface area contributed by atoms with Crippen molar-refractivity contribution in [3.8, 4) is 11.8 Å². The van der Waals surface area contributed by atoms with Crippen molar-refractivity contribution >= 4 is 37.7 Å². The molecular formula is C16H13BrN2O3S. The molecule has 23 heavy (non-hydrogen) atoms. The van der Waals surface area contributed by atoms with Gasteiger partial charge in [0.25, 0.3) is 10.0 Å². The Morgan fingerprint density at radius 3 is 2.48 bits per heavy atom. The summed E-state index contributed by atoms with van der Waals surface area (Å²) in [6.45, 7) is 0. The van der Waals surface area contributed by atoms with Gasteiger partial charge in [-0.2, -0.15) is 5.26 Å². The van der Waals surface area contributed by atoms with E-state index in [1.165, 1.54) is 13.2 Å². The molecule has 0 unspecified atom stereocenters. The minimum Gasteiger partial charge on any atom is -0.496 e. The number of allylic oxidation sites excluding steroid dienone is 1. The Balaban J connectivity index is 2.37. The lowest BCUT2D eigenvalue weighted by molar-refractivity contribution is 0.414. The van der Waals surface area contributed by atoms with Crippen LogP contribution in [0.2, 0.25) is 0 Å². The highest BCUT2D eigenvalue weighted by atomic mass is 79.9. The molecule has 118 valence electrons. The van der Waals surface area contributed by atoms with Gasteiger partial charge in [0.15, 0.2) is 4.91 Å². The Bertz CT molecular complexity index is 869. The van der Waals surface area contributed by atoms with E-state index in [-0.39, 0.29) is 0 Å². The Kier molecular flexibility index (Phi) is 5.42. The third kappa shape index (κ3) is 4.34. The van der Waals surface area contributed by atoms with E-state index in [4.69, 9.17) is 4.74 Å². The maximum Gasteiger partial charge on any atom is 0.272 e. The van der Waals surface area contributed by atoms with E-state index in [0.29, 0.717) is 17.0 Å². The summed E-state index contributed by atoms with van der Waals surface area (Å²) >= 11 is 3.27. The minimum atomic E-state index is -3.98. The van der Waals surface area contributed by atoms with Gasteiger partial charge in [0, 0.05) is 15.7 Å². The van der Waals surface area contributed by atoms with Crippen LogP contribution < -0.4 is 9.46 Å². The van der Waals surface area contributed by atoms with Crippen molar-refractivity contribution in [2.75, 3.05) is 11.8 Å².